The molecule has 0 saturated carbocycles. The minimum atomic E-state index is -5.06. The number of hydrogen-bond donors (Lipinski definition) is 0. The Bertz CT molecular complexity index is 408. The molecule has 0 fully saturated rings. The summed E-state index contributed by atoms with van der Waals surface area (Å²) in [6.45, 7) is 0. The molecule has 0 atom stereocenters. The molecule has 0 saturated heterocycles. The normalized spacial score (nSPS) is 11.3. The summed E-state index contributed by atoms with van der Waals surface area (Å²) in [5.41, 5.74) is -0.480. The molecule has 0 N–H and O–H groups in total. The van der Waals surface area contributed by atoms with Crippen LogP contribution in [0.3, 0.4) is 0 Å². The van der Waals surface area contributed by atoms with Crippen LogP contribution in [0.15, 0.2) is 6.07 Å². The predicted molar refractivity (Wildman–Crippen MR) is 48.9 cm³/mol. The Labute approximate surface area is 95.6 Å². The quantitative estimate of drug-likeness (QED) is 0.489. The first-order chi connectivity index (χ1) is 7.37. The summed E-state index contributed by atoms with van der Waals surface area (Å²) < 4.78 is 52.1. The van der Waals surface area contributed by atoms with E-state index in [9.17, 15) is 22.4 Å². The van der Waals surface area contributed by atoms with Crippen molar-refractivity contribution in [3.05, 3.63) is 23.1 Å². The summed E-state index contributed by atoms with van der Waals surface area (Å²) in [4.78, 5) is 13.7. The number of hydrogen-bond acceptors (Lipinski definition) is 3. The van der Waals surface area contributed by atoms with Gasteiger partial charge in [0.05, 0.1) is 11.3 Å². The maximum atomic E-state index is 13.2. The summed E-state index contributed by atoms with van der Waals surface area (Å²) in [5, 5.41) is 0.0718. The molecular formula is C8H4BrF4NO2. The fourth-order valence-electron chi connectivity index (χ4n) is 0.910. The first-order valence-corrected chi connectivity index (χ1v) is 4.96. The molecule has 1 heterocycles. The topological polar surface area (TPSA) is 39.2 Å². The highest BCUT2D eigenvalue weighted by molar-refractivity contribution is 9.08. The number of carbonyl (C=O) groups is 1. The third-order valence-electron chi connectivity index (χ3n) is 1.48. The van der Waals surface area contributed by atoms with Crippen LogP contribution in [0.1, 0.15) is 16.1 Å². The van der Waals surface area contributed by atoms with Crippen molar-refractivity contribution in [3.63, 3.8) is 0 Å². The van der Waals surface area contributed by atoms with Gasteiger partial charge in [-0.15, -0.1) is 13.2 Å². The van der Waals surface area contributed by atoms with Gasteiger partial charge in [-0.3, -0.25) is 4.79 Å². The van der Waals surface area contributed by atoms with Gasteiger partial charge in [0.15, 0.2) is 12.1 Å². The van der Waals surface area contributed by atoms with E-state index in [2.05, 4.69) is 25.7 Å². The summed E-state index contributed by atoms with van der Waals surface area (Å²) in [5.74, 6) is -2.69. The highest BCUT2D eigenvalue weighted by Gasteiger charge is 2.34. The zero-order valence-corrected chi connectivity index (χ0v) is 9.10. The lowest BCUT2D eigenvalue weighted by Crippen LogP contribution is -2.19. The van der Waals surface area contributed by atoms with Crippen molar-refractivity contribution in [1.29, 1.82) is 0 Å². The Morgan fingerprint density at radius 1 is 1.50 bits per heavy atom. The summed E-state index contributed by atoms with van der Waals surface area (Å²) >= 11 is 2.92. The maximum absolute atomic E-state index is 13.2. The highest BCUT2D eigenvalue weighted by atomic mass is 79.9. The van der Waals surface area contributed by atoms with Crippen LogP contribution in [0.4, 0.5) is 17.6 Å². The molecule has 3 nitrogen and oxygen atoms in total. The summed E-state index contributed by atoms with van der Waals surface area (Å²) in [6, 6.07) is 1.03. The molecule has 16 heavy (non-hydrogen) atoms. The molecule has 0 aliphatic heterocycles. The summed E-state index contributed by atoms with van der Waals surface area (Å²) in [7, 11) is 0. The van der Waals surface area contributed by atoms with E-state index in [0.717, 1.165) is 6.07 Å². The standard InChI is InChI=1S/C8H4BrF4NO2/c9-2-5-1-4(3-15)6(10)7(14-5)16-8(11,12)13/h1,3H,2H2. The van der Waals surface area contributed by atoms with Crippen molar-refractivity contribution in [1.82, 2.24) is 4.98 Å². The minimum absolute atomic E-state index is 0.0581. The van der Waals surface area contributed by atoms with Crippen LogP contribution in [-0.4, -0.2) is 17.6 Å². The van der Waals surface area contributed by atoms with E-state index in [1.165, 1.54) is 0 Å². The van der Waals surface area contributed by atoms with Gasteiger partial charge in [-0.2, -0.15) is 0 Å². The van der Waals surface area contributed by atoms with Gasteiger partial charge in [0.25, 0.3) is 5.88 Å². The van der Waals surface area contributed by atoms with Crippen LogP contribution in [0.25, 0.3) is 0 Å². The minimum Gasteiger partial charge on any atom is -0.385 e. The number of pyridine rings is 1. The smallest absolute Gasteiger partial charge is 0.385 e. The molecule has 0 radical (unpaired) electrons. The van der Waals surface area contributed by atoms with E-state index < -0.39 is 23.6 Å². The van der Waals surface area contributed by atoms with E-state index in [4.69, 9.17) is 0 Å². The van der Waals surface area contributed by atoms with Gasteiger partial charge in [-0.1, -0.05) is 15.9 Å². The molecule has 1 aromatic rings. The largest absolute Gasteiger partial charge is 0.574 e. The molecule has 0 bridgehead atoms. The summed E-state index contributed by atoms with van der Waals surface area (Å²) in [6.07, 6.45) is -4.97. The van der Waals surface area contributed by atoms with Crippen molar-refractivity contribution in [2.24, 2.45) is 0 Å². The second-order valence-electron chi connectivity index (χ2n) is 2.62. The Balaban J connectivity index is 3.21. The molecule has 1 rings (SSSR count). The van der Waals surface area contributed by atoms with E-state index in [1.807, 2.05) is 0 Å². The average Bonchev–Trinajstić information content (AvgIpc) is 2.19. The lowest BCUT2D eigenvalue weighted by molar-refractivity contribution is -0.277. The molecule has 88 valence electrons. The van der Waals surface area contributed by atoms with E-state index in [-0.39, 0.29) is 17.3 Å². The number of aldehydes is 1. The number of alkyl halides is 4. The second-order valence-corrected chi connectivity index (χ2v) is 3.18. The zero-order valence-electron chi connectivity index (χ0n) is 7.52. The number of aromatic nitrogens is 1. The van der Waals surface area contributed by atoms with E-state index in [1.54, 1.807) is 0 Å². The predicted octanol–water partition coefficient (Wildman–Crippen LogP) is 2.83. The second kappa shape index (κ2) is 4.77. The fraction of sp³-hybridized carbons (Fsp3) is 0.250. The number of rotatable bonds is 3. The SMILES string of the molecule is O=Cc1cc(CBr)nc(OC(F)(F)F)c1F. The molecule has 8 heteroatoms. The van der Waals surface area contributed by atoms with Gasteiger partial charge in [0, 0.05) is 5.33 Å². The maximum Gasteiger partial charge on any atom is 0.574 e. The number of nitrogens with zero attached hydrogens (tertiary/aromatic N) is 1. The molecule has 1 aromatic heterocycles. The van der Waals surface area contributed by atoms with Crippen LogP contribution >= 0.6 is 15.9 Å². The van der Waals surface area contributed by atoms with Gasteiger partial charge in [-0.25, -0.2) is 9.37 Å². The van der Waals surface area contributed by atoms with Crippen LogP contribution in [-0.2, 0) is 5.33 Å². The van der Waals surface area contributed by atoms with Gasteiger partial charge < -0.3 is 4.74 Å². The average molecular weight is 302 g/mol. The van der Waals surface area contributed by atoms with Gasteiger partial charge in [0.1, 0.15) is 0 Å². The third-order valence-corrected chi connectivity index (χ3v) is 2.06. The van der Waals surface area contributed by atoms with Crippen molar-refractivity contribution >= 4 is 22.2 Å². The van der Waals surface area contributed by atoms with E-state index in [0.29, 0.717) is 0 Å². The van der Waals surface area contributed by atoms with Gasteiger partial charge in [-0.05, 0) is 6.07 Å². The van der Waals surface area contributed by atoms with Crippen LogP contribution < -0.4 is 4.74 Å². The Morgan fingerprint density at radius 3 is 2.56 bits per heavy atom. The molecular weight excluding hydrogens is 298 g/mol. The molecule has 0 aliphatic rings. The van der Waals surface area contributed by atoms with Crippen molar-refractivity contribution in [3.8, 4) is 5.88 Å². The Morgan fingerprint density at radius 2 is 2.12 bits per heavy atom. The lowest BCUT2D eigenvalue weighted by Gasteiger charge is -2.10. The van der Waals surface area contributed by atoms with Gasteiger partial charge >= 0.3 is 6.36 Å². The number of ether oxygens (including phenoxy) is 1. The first kappa shape index (κ1) is 12.9. The molecule has 0 amide bonds. The highest BCUT2D eigenvalue weighted by Crippen LogP contribution is 2.26. The van der Waals surface area contributed by atoms with Crippen LogP contribution in [0.2, 0.25) is 0 Å². The Hall–Kier alpha value is -1.18. The van der Waals surface area contributed by atoms with Crippen LogP contribution in [0, 0.1) is 5.82 Å². The molecule has 0 aliphatic carbocycles. The third kappa shape index (κ3) is 3.16. The van der Waals surface area contributed by atoms with Crippen molar-refractivity contribution in [2.45, 2.75) is 11.7 Å². The van der Waals surface area contributed by atoms with Crippen LogP contribution in [0.5, 0.6) is 5.88 Å². The van der Waals surface area contributed by atoms with Crippen molar-refractivity contribution < 1.29 is 27.1 Å². The lowest BCUT2D eigenvalue weighted by atomic mass is 10.2. The van der Waals surface area contributed by atoms with Crippen molar-refractivity contribution in [2.75, 3.05) is 0 Å². The molecule has 0 aromatic carbocycles. The first-order valence-electron chi connectivity index (χ1n) is 3.83. The zero-order chi connectivity index (χ0) is 12.3. The van der Waals surface area contributed by atoms with Gasteiger partial charge in [0.2, 0.25) is 0 Å². The fourth-order valence-corrected chi connectivity index (χ4v) is 1.20. The monoisotopic (exact) mass is 301 g/mol. The molecule has 0 spiro atoms. The number of halogens is 5. The Kier molecular flexibility index (Phi) is 3.84. The van der Waals surface area contributed by atoms with E-state index >= 15 is 0 Å². The molecule has 0 unspecified atom stereocenters. The number of carbonyl (C=O) groups excluding carboxylic acids is 1.